The summed E-state index contributed by atoms with van der Waals surface area (Å²) in [5.41, 5.74) is 2.67. The number of nitrogens with one attached hydrogen (secondary N) is 1. The molecule has 1 heterocycles. The lowest BCUT2D eigenvalue weighted by atomic mass is 10.0. The number of ether oxygens (including phenoxy) is 1. The molecule has 1 N–H and O–H groups in total. The van der Waals surface area contributed by atoms with E-state index in [-0.39, 0.29) is 5.91 Å². The maximum atomic E-state index is 11.8. The van der Waals surface area contributed by atoms with Crippen LogP contribution in [0.1, 0.15) is 22.8 Å². The van der Waals surface area contributed by atoms with Crippen molar-refractivity contribution in [2.75, 3.05) is 13.2 Å². The van der Waals surface area contributed by atoms with E-state index in [1.807, 2.05) is 31.2 Å². The topological polar surface area (TPSA) is 38.3 Å². The summed E-state index contributed by atoms with van der Waals surface area (Å²) in [4.78, 5) is 11.8. The molecule has 0 aliphatic carbocycles. The number of hydrogen-bond acceptors (Lipinski definition) is 2. The summed E-state index contributed by atoms with van der Waals surface area (Å²) < 4.78 is 5.49. The lowest BCUT2D eigenvalue weighted by molar-refractivity contribution is 0.0957. The largest absolute Gasteiger partial charge is 0.491 e. The van der Waals surface area contributed by atoms with E-state index in [2.05, 4.69) is 11.9 Å². The third kappa shape index (κ3) is 2.38. The molecular formula is C14H15NO2. The van der Waals surface area contributed by atoms with Gasteiger partial charge in [-0.1, -0.05) is 24.8 Å². The van der Waals surface area contributed by atoms with Crippen molar-refractivity contribution in [2.45, 2.75) is 6.92 Å². The van der Waals surface area contributed by atoms with Gasteiger partial charge < -0.3 is 10.1 Å². The lowest BCUT2D eigenvalue weighted by Crippen LogP contribution is -2.24. The van der Waals surface area contributed by atoms with Crippen molar-refractivity contribution in [3.8, 4) is 5.75 Å². The first-order valence-corrected chi connectivity index (χ1v) is 5.57. The average molecular weight is 229 g/mol. The minimum atomic E-state index is -0.0780. The Morgan fingerprint density at radius 1 is 1.53 bits per heavy atom. The van der Waals surface area contributed by atoms with Crippen LogP contribution in [0.25, 0.3) is 5.57 Å². The Balaban J connectivity index is 2.44. The zero-order valence-corrected chi connectivity index (χ0v) is 9.82. The van der Waals surface area contributed by atoms with Crippen molar-refractivity contribution < 1.29 is 9.53 Å². The maximum Gasteiger partial charge on any atom is 0.255 e. The minimum absolute atomic E-state index is 0.0780. The predicted molar refractivity (Wildman–Crippen MR) is 68.1 cm³/mol. The van der Waals surface area contributed by atoms with Gasteiger partial charge in [-0.25, -0.2) is 0 Å². The smallest absolute Gasteiger partial charge is 0.255 e. The summed E-state index contributed by atoms with van der Waals surface area (Å²) >= 11 is 0. The van der Waals surface area contributed by atoms with Gasteiger partial charge in [0.25, 0.3) is 5.91 Å². The summed E-state index contributed by atoms with van der Waals surface area (Å²) in [6.45, 7) is 6.71. The van der Waals surface area contributed by atoms with Gasteiger partial charge in [-0.15, -0.1) is 0 Å². The van der Waals surface area contributed by atoms with Gasteiger partial charge in [0.1, 0.15) is 12.4 Å². The number of allylic oxidation sites excluding steroid dienone is 3. The van der Waals surface area contributed by atoms with E-state index >= 15 is 0 Å². The first-order valence-electron chi connectivity index (χ1n) is 5.57. The summed E-state index contributed by atoms with van der Waals surface area (Å²) in [6.07, 6.45) is 3.65. The molecule has 0 spiro atoms. The predicted octanol–water partition coefficient (Wildman–Crippen LogP) is 2.40. The van der Waals surface area contributed by atoms with E-state index in [9.17, 15) is 4.79 Å². The van der Waals surface area contributed by atoms with E-state index in [0.29, 0.717) is 24.5 Å². The number of rotatable bonds is 2. The van der Waals surface area contributed by atoms with E-state index < -0.39 is 0 Å². The molecule has 2 rings (SSSR count). The normalized spacial score (nSPS) is 15.4. The van der Waals surface area contributed by atoms with Crippen LogP contribution in [-0.2, 0) is 0 Å². The first-order chi connectivity index (χ1) is 8.22. The van der Waals surface area contributed by atoms with Gasteiger partial charge in [0.15, 0.2) is 0 Å². The Morgan fingerprint density at radius 3 is 3.12 bits per heavy atom. The number of amides is 1. The van der Waals surface area contributed by atoms with Crippen molar-refractivity contribution in [1.82, 2.24) is 5.32 Å². The molecule has 1 aromatic rings. The molecule has 1 aliphatic rings. The Bertz CT molecular complexity index is 489. The average Bonchev–Trinajstić information content (AvgIpc) is 2.51. The monoisotopic (exact) mass is 229 g/mol. The molecule has 88 valence electrons. The third-order valence-corrected chi connectivity index (χ3v) is 2.69. The van der Waals surface area contributed by atoms with Gasteiger partial charge in [-0.2, -0.15) is 0 Å². The molecule has 0 saturated heterocycles. The Hall–Kier alpha value is -2.03. The molecule has 17 heavy (non-hydrogen) atoms. The third-order valence-electron chi connectivity index (χ3n) is 2.69. The van der Waals surface area contributed by atoms with Crippen LogP contribution in [0, 0.1) is 0 Å². The minimum Gasteiger partial charge on any atom is -0.491 e. The van der Waals surface area contributed by atoms with E-state index in [1.54, 1.807) is 6.08 Å². The fraction of sp³-hybridized carbons (Fsp3) is 0.214. The standard InChI is InChI=1S/C14H15NO2/c1-3-4-10(2)11-5-6-13-12(9-11)14(16)15-7-8-17-13/h3-6,9H,1,7-8H2,2H3,(H,15,16)/b10-4+. The van der Waals surface area contributed by atoms with Gasteiger partial charge in [0.2, 0.25) is 0 Å². The molecule has 0 saturated carbocycles. The molecular weight excluding hydrogens is 214 g/mol. The number of carbonyl (C=O) groups excluding carboxylic acids is 1. The number of fused-ring (bicyclic) bond motifs is 1. The second-order valence-electron chi connectivity index (χ2n) is 3.90. The molecule has 0 fully saturated rings. The summed E-state index contributed by atoms with van der Waals surface area (Å²) in [6, 6.07) is 5.65. The van der Waals surface area contributed by atoms with Gasteiger partial charge in [-0.05, 0) is 30.2 Å². The van der Waals surface area contributed by atoms with Gasteiger partial charge >= 0.3 is 0 Å². The number of benzene rings is 1. The Labute approximate surface area is 101 Å². The SMILES string of the molecule is C=C/C=C(\C)c1ccc2c(c1)C(=O)NCCO2. The first kappa shape index (κ1) is 11.5. The number of carbonyl (C=O) groups is 1. The Kier molecular flexibility index (Phi) is 3.28. The molecule has 0 atom stereocenters. The Morgan fingerprint density at radius 2 is 2.35 bits per heavy atom. The quantitative estimate of drug-likeness (QED) is 0.791. The molecule has 0 bridgehead atoms. The molecule has 1 aliphatic heterocycles. The highest BCUT2D eigenvalue weighted by Gasteiger charge is 2.16. The zero-order chi connectivity index (χ0) is 12.3. The molecule has 1 aromatic carbocycles. The molecule has 1 amide bonds. The number of hydrogen-bond donors (Lipinski definition) is 1. The van der Waals surface area contributed by atoms with Crippen LogP contribution in [0.15, 0.2) is 36.9 Å². The van der Waals surface area contributed by atoms with Crippen molar-refractivity contribution in [3.63, 3.8) is 0 Å². The zero-order valence-electron chi connectivity index (χ0n) is 9.82. The highest BCUT2D eigenvalue weighted by Crippen LogP contribution is 2.25. The van der Waals surface area contributed by atoms with E-state index in [0.717, 1.165) is 11.1 Å². The van der Waals surface area contributed by atoms with Crippen LogP contribution >= 0.6 is 0 Å². The highest BCUT2D eigenvalue weighted by molar-refractivity contribution is 5.98. The molecule has 0 radical (unpaired) electrons. The fourth-order valence-electron chi connectivity index (χ4n) is 1.77. The van der Waals surface area contributed by atoms with Crippen molar-refractivity contribution in [1.29, 1.82) is 0 Å². The van der Waals surface area contributed by atoms with Crippen LogP contribution in [-0.4, -0.2) is 19.1 Å². The second kappa shape index (κ2) is 4.87. The van der Waals surface area contributed by atoms with E-state index in [1.165, 1.54) is 0 Å². The van der Waals surface area contributed by atoms with Gasteiger partial charge in [-0.3, -0.25) is 4.79 Å². The molecule has 0 aromatic heterocycles. The summed E-state index contributed by atoms with van der Waals surface area (Å²) in [7, 11) is 0. The van der Waals surface area contributed by atoms with Crippen LogP contribution < -0.4 is 10.1 Å². The highest BCUT2D eigenvalue weighted by atomic mass is 16.5. The maximum absolute atomic E-state index is 11.8. The van der Waals surface area contributed by atoms with Crippen LogP contribution in [0.5, 0.6) is 5.75 Å². The van der Waals surface area contributed by atoms with E-state index in [4.69, 9.17) is 4.74 Å². The van der Waals surface area contributed by atoms with Gasteiger partial charge in [0.05, 0.1) is 12.1 Å². The molecule has 3 heteroatoms. The molecule has 0 unspecified atom stereocenters. The molecule has 3 nitrogen and oxygen atoms in total. The van der Waals surface area contributed by atoms with Crippen molar-refractivity contribution >= 4 is 11.5 Å². The summed E-state index contributed by atoms with van der Waals surface area (Å²) in [5.74, 6) is 0.570. The van der Waals surface area contributed by atoms with Crippen molar-refractivity contribution in [2.24, 2.45) is 0 Å². The second-order valence-corrected chi connectivity index (χ2v) is 3.90. The van der Waals surface area contributed by atoms with Crippen LogP contribution in [0.2, 0.25) is 0 Å². The lowest BCUT2D eigenvalue weighted by Gasteiger charge is -2.08. The van der Waals surface area contributed by atoms with Crippen molar-refractivity contribution in [3.05, 3.63) is 48.1 Å². The fourth-order valence-corrected chi connectivity index (χ4v) is 1.77. The van der Waals surface area contributed by atoms with Gasteiger partial charge in [0, 0.05) is 0 Å². The van der Waals surface area contributed by atoms with Crippen LogP contribution in [0.4, 0.5) is 0 Å². The van der Waals surface area contributed by atoms with Crippen LogP contribution in [0.3, 0.4) is 0 Å². The summed E-state index contributed by atoms with van der Waals surface area (Å²) in [5, 5.41) is 2.80.